The van der Waals surface area contributed by atoms with Crippen LogP contribution < -0.4 is 0 Å². The molecule has 0 bridgehead atoms. The van der Waals surface area contributed by atoms with Crippen LogP contribution in [0.2, 0.25) is 0 Å². The van der Waals surface area contributed by atoms with Gasteiger partial charge in [0.25, 0.3) is 0 Å². The van der Waals surface area contributed by atoms with Crippen molar-refractivity contribution < 1.29 is 13.2 Å². The molecule has 0 aliphatic carbocycles. The molecule has 0 radical (unpaired) electrons. The minimum atomic E-state index is -4.23. The Labute approximate surface area is 99.2 Å². The summed E-state index contributed by atoms with van der Waals surface area (Å²) in [6.07, 6.45) is -3.19. The SMILES string of the molecule is CCN1CCC(c2ccc(C(F)(F)F)cc2)C1. The maximum Gasteiger partial charge on any atom is 0.416 e. The summed E-state index contributed by atoms with van der Waals surface area (Å²) in [4.78, 5) is 2.32. The van der Waals surface area contributed by atoms with Crippen molar-refractivity contribution in [1.82, 2.24) is 4.90 Å². The van der Waals surface area contributed by atoms with Crippen molar-refractivity contribution in [1.29, 1.82) is 0 Å². The highest BCUT2D eigenvalue weighted by Crippen LogP contribution is 2.32. The number of likely N-dealkylation sites (N-methyl/N-ethyl adjacent to an activating group) is 1. The van der Waals surface area contributed by atoms with E-state index < -0.39 is 11.7 Å². The number of nitrogens with zero attached hydrogens (tertiary/aromatic N) is 1. The number of rotatable bonds is 2. The zero-order valence-corrected chi connectivity index (χ0v) is 9.80. The number of halogens is 3. The number of benzene rings is 1. The summed E-state index contributed by atoms with van der Waals surface area (Å²) in [6.45, 7) is 5.12. The van der Waals surface area contributed by atoms with Crippen LogP contribution in [0.1, 0.15) is 30.4 Å². The lowest BCUT2D eigenvalue weighted by Crippen LogP contribution is -2.19. The molecule has 1 atom stereocenters. The van der Waals surface area contributed by atoms with Crippen molar-refractivity contribution >= 4 is 0 Å². The van der Waals surface area contributed by atoms with Crippen LogP contribution in [0.5, 0.6) is 0 Å². The van der Waals surface area contributed by atoms with Gasteiger partial charge in [0.05, 0.1) is 5.56 Å². The fraction of sp³-hybridized carbons (Fsp3) is 0.538. The second kappa shape index (κ2) is 4.69. The van der Waals surface area contributed by atoms with Gasteiger partial charge in [0, 0.05) is 6.54 Å². The quantitative estimate of drug-likeness (QED) is 0.768. The number of likely N-dealkylation sites (tertiary alicyclic amines) is 1. The van der Waals surface area contributed by atoms with Crippen LogP contribution in [0.4, 0.5) is 13.2 Å². The number of hydrogen-bond donors (Lipinski definition) is 0. The van der Waals surface area contributed by atoms with Gasteiger partial charge < -0.3 is 4.90 Å². The van der Waals surface area contributed by atoms with Gasteiger partial charge in [-0.15, -0.1) is 0 Å². The van der Waals surface area contributed by atoms with Gasteiger partial charge in [-0.3, -0.25) is 0 Å². The van der Waals surface area contributed by atoms with Crippen molar-refractivity contribution in [3.05, 3.63) is 35.4 Å². The third-order valence-electron chi connectivity index (χ3n) is 3.43. The second-order valence-electron chi connectivity index (χ2n) is 4.50. The Balaban J connectivity index is 2.09. The number of alkyl halides is 3. The van der Waals surface area contributed by atoms with Gasteiger partial charge in [-0.05, 0) is 43.1 Å². The molecule has 1 aromatic carbocycles. The minimum Gasteiger partial charge on any atom is -0.303 e. The van der Waals surface area contributed by atoms with Gasteiger partial charge in [0.15, 0.2) is 0 Å². The first-order valence-electron chi connectivity index (χ1n) is 5.90. The summed E-state index contributed by atoms with van der Waals surface area (Å²) < 4.78 is 37.2. The molecule has 1 unspecified atom stereocenters. The van der Waals surface area contributed by atoms with Crippen LogP contribution in [-0.2, 0) is 6.18 Å². The van der Waals surface area contributed by atoms with Crippen LogP contribution in [0, 0.1) is 0 Å². The average molecular weight is 243 g/mol. The molecule has 1 aliphatic rings. The Morgan fingerprint density at radius 2 is 1.88 bits per heavy atom. The van der Waals surface area contributed by atoms with E-state index in [1.807, 2.05) is 0 Å². The first-order valence-corrected chi connectivity index (χ1v) is 5.90. The average Bonchev–Trinajstić information content (AvgIpc) is 2.76. The molecule has 2 rings (SSSR count). The van der Waals surface area contributed by atoms with Gasteiger partial charge >= 0.3 is 6.18 Å². The van der Waals surface area contributed by atoms with Gasteiger partial charge in [-0.1, -0.05) is 19.1 Å². The Hall–Kier alpha value is -1.03. The molecule has 0 saturated carbocycles. The van der Waals surface area contributed by atoms with Gasteiger partial charge in [-0.2, -0.15) is 13.2 Å². The van der Waals surface area contributed by atoms with Crippen LogP contribution in [0.25, 0.3) is 0 Å². The molecule has 4 heteroatoms. The van der Waals surface area contributed by atoms with Crippen LogP contribution in [0.3, 0.4) is 0 Å². The second-order valence-corrected chi connectivity index (χ2v) is 4.50. The Morgan fingerprint density at radius 3 is 2.35 bits per heavy atom. The first-order chi connectivity index (χ1) is 8.00. The largest absolute Gasteiger partial charge is 0.416 e. The molecular formula is C13H16F3N. The zero-order valence-electron chi connectivity index (χ0n) is 9.80. The van der Waals surface area contributed by atoms with E-state index in [-0.39, 0.29) is 0 Å². The third kappa shape index (κ3) is 2.80. The smallest absolute Gasteiger partial charge is 0.303 e. The molecule has 94 valence electrons. The van der Waals surface area contributed by atoms with Crippen LogP contribution in [0.15, 0.2) is 24.3 Å². The normalized spacial score (nSPS) is 22.0. The molecule has 0 aromatic heterocycles. The fourth-order valence-corrected chi connectivity index (χ4v) is 2.34. The van der Waals surface area contributed by atoms with E-state index in [0.717, 1.165) is 31.6 Å². The molecule has 1 fully saturated rings. The predicted molar refractivity (Wildman–Crippen MR) is 60.9 cm³/mol. The molecule has 0 amide bonds. The van der Waals surface area contributed by atoms with Crippen molar-refractivity contribution in [3.63, 3.8) is 0 Å². The summed E-state index contributed by atoms with van der Waals surface area (Å²) >= 11 is 0. The molecule has 0 spiro atoms. The molecule has 1 aliphatic heterocycles. The van der Waals surface area contributed by atoms with Crippen molar-refractivity contribution in [2.24, 2.45) is 0 Å². The molecule has 17 heavy (non-hydrogen) atoms. The summed E-state index contributed by atoms with van der Waals surface area (Å²) in [5, 5.41) is 0. The summed E-state index contributed by atoms with van der Waals surface area (Å²) in [5.41, 5.74) is 0.459. The van der Waals surface area contributed by atoms with Crippen molar-refractivity contribution in [3.8, 4) is 0 Å². The maximum absolute atomic E-state index is 12.4. The Morgan fingerprint density at radius 1 is 1.24 bits per heavy atom. The summed E-state index contributed by atoms with van der Waals surface area (Å²) in [7, 11) is 0. The highest BCUT2D eigenvalue weighted by atomic mass is 19.4. The van der Waals surface area contributed by atoms with Crippen molar-refractivity contribution in [2.45, 2.75) is 25.4 Å². The summed E-state index contributed by atoms with van der Waals surface area (Å²) in [6, 6.07) is 5.60. The Bertz CT molecular complexity index is 369. The topological polar surface area (TPSA) is 3.24 Å². The molecule has 1 nitrogen and oxygen atoms in total. The van der Waals surface area contributed by atoms with E-state index in [0.29, 0.717) is 5.92 Å². The third-order valence-corrected chi connectivity index (χ3v) is 3.43. The van der Waals surface area contributed by atoms with E-state index in [4.69, 9.17) is 0 Å². The lowest BCUT2D eigenvalue weighted by molar-refractivity contribution is -0.137. The molecule has 1 saturated heterocycles. The number of hydrogen-bond acceptors (Lipinski definition) is 1. The van der Waals surface area contributed by atoms with Crippen LogP contribution in [-0.4, -0.2) is 24.5 Å². The predicted octanol–water partition coefficient (Wildman–Crippen LogP) is 3.51. The fourth-order valence-electron chi connectivity index (χ4n) is 2.34. The lowest BCUT2D eigenvalue weighted by Gasteiger charge is -2.14. The van der Waals surface area contributed by atoms with Gasteiger partial charge in [0.1, 0.15) is 0 Å². The standard InChI is InChI=1S/C13H16F3N/c1-2-17-8-7-11(9-17)10-3-5-12(6-4-10)13(14,15)16/h3-6,11H,2,7-9H2,1H3. The molecule has 1 aromatic rings. The zero-order chi connectivity index (χ0) is 12.5. The molecule has 0 N–H and O–H groups in total. The monoisotopic (exact) mass is 243 g/mol. The highest BCUT2D eigenvalue weighted by molar-refractivity contribution is 5.28. The van der Waals surface area contributed by atoms with E-state index >= 15 is 0 Å². The van der Waals surface area contributed by atoms with E-state index in [9.17, 15) is 13.2 Å². The molecule has 1 heterocycles. The first kappa shape index (κ1) is 12.4. The lowest BCUT2D eigenvalue weighted by atomic mass is 9.97. The van der Waals surface area contributed by atoms with E-state index in [1.165, 1.54) is 12.1 Å². The van der Waals surface area contributed by atoms with Gasteiger partial charge in [-0.25, -0.2) is 0 Å². The highest BCUT2D eigenvalue weighted by Gasteiger charge is 2.30. The van der Waals surface area contributed by atoms with Crippen molar-refractivity contribution in [2.75, 3.05) is 19.6 Å². The van der Waals surface area contributed by atoms with Gasteiger partial charge in [0.2, 0.25) is 0 Å². The van der Waals surface area contributed by atoms with Crippen LogP contribution >= 0.6 is 0 Å². The maximum atomic E-state index is 12.4. The van der Waals surface area contributed by atoms with E-state index in [2.05, 4.69) is 11.8 Å². The molecular weight excluding hydrogens is 227 g/mol. The Kier molecular flexibility index (Phi) is 3.43. The minimum absolute atomic E-state index is 0.386. The van der Waals surface area contributed by atoms with E-state index in [1.54, 1.807) is 12.1 Å². The summed E-state index contributed by atoms with van der Waals surface area (Å²) in [5.74, 6) is 0.386.